The minimum atomic E-state index is -0.441. The molecule has 0 unspecified atom stereocenters. The number of aliphatic hydroxyl groups is 1. The molecule has 4 nitrogen and oxygen atoms in total. The van der Waals surface area contributed by atoms with E-state index < -0.39 is 5.54 Å². The van der Waals surface area contributed by atoms with Gasteiger partial charge in [-0.15, -0.1) is 0 Å². The first-order valence-electron chi connectivity index (χ1n) is 7.66. The molecule has 0 radical (unpaired) electrons. The molecule has 2 rings (SSSR count). The van der Waals surface area contributed by atoms with Gasteiger partial charge < -0.3 is 15.3 Å². The van der Waals surface area contributed by atoms with Gasteiger partial charge in [-0.25, -0.2) is 0 Å². The summed E-state index contributed by atoms with van der Waals surface area (Å²) in [5, 5.41) is 12.8. The van der Waals surface area contributed by atoms with Crippen molar-refractivity contribution in [3.05, 3.63) is 29.8 Å². The molecule has 2 N–H and O–H groups in total. The number of nitrogens with one attached hydrogen (secondary N) is 1. The molecule has 1 aliphatic rings. The predicted octanol–water partition coefficient (Wildman–Crippen LogP) is 2.42. The Bertz CT molecular complexity index is 474. The van der Waals surface area contributed by atoms with Crippen LogP contribution in [0.25, 0.3) is 0 Å². The van der Waals surface area contributed by atoms with E-state index in [0.29, 0.717) is 11.5 Å². The van der Waals surface area contributed by atoms with E-state index in [1.807, 2.05) is 43.3 Å². The average Bonchev–Trinajstić information content (AvgIpc) is 2.50. The number of anilines is 1. The fraction of sp³-hybridized carbons (Fsp3) is 0.588. The molecule has 116 valence electrons. The van der Waals surface area contributed by atoms with Gasteiger partial charge in [0, 0.05) is 25.3 Å². The first-order valence-corrected chi connectivity index (χ1v) is 7.66. The van der Waals surface area contributed by atoms with Crippen LogP contribution in [0.2, 0.25) is 0 Å². The van der Waals surface area contributed by atoms with Crippen molar-refractivity contribution in [1.82, 2.24) is 5.32 Å². The molecule has 21 heavy (non-hydrogen) atoms. The third-order valence-corrected chi connectivity index (χ3v) is 4.56. The van der Waals surface area contributed by atoms with Crippen LogP contribution in [0.1, 0.15) is 43.0 Å². The van der Waals surface area contributed by atoms with E-state index in [-0.39, 0.29) is 12.5 Å². The van der Waals surface area contributed by atoms with Crippen molar-refractivity contribution in [3.63, 3.8) is 0 Å². The maximum absolute atomic E-state index is 12.4. The molecule has 0 aliphatic heterocycles. The van der Waals surface area contributed by atoms with E-state index in [1.54, 1.807) is 0 Å². The molecule has 0 heterocycles. The smallest absolute Gasteiger partial charge is 0.251 e. The van der Waals surface area contributed by atoms with Crippen LogP contribution in [0.3, 0.4) is 0 Å². The third-order valence-electron chi connectivity index (χ3n) is 4.56. The van der Waals surface area contributed by atoms with Gasteiger partial charge >= 0.3 is 0 Å². The normalized spacial score (nSPS) is 25.4. The van der Waals surface area contributed by atoms with Gasteiger partial charge in [-0.2, -0.15) is 0 Å². The number of carbonyl (C=O) groups excluding carboxylic acids is 1. The van der Waals surface area contributed by atoms with Gasteiger partial charge in [0.1, 0.15) is 0 Å². The van der Waals surface area contributed by atoms with Crippen LogP contribution in [0, 0.1) is 5.92 Å². The van der Waals surface area contributed by atoms with Crippen molar-refractivity contribution in [2.75, 3.05) is 25.6 Å². The Morgan fingerprint density at radius 1 is 1.29 bits per heavy atom. The zero-order chi connectivity index (χ0) is 15.5. The molecule has 0 bridgehead atoms. The lowest BCUT2D eigenvalue weighted by Crippen LogP contribution is -2.53. The Morgan fingerprint density at radius 2 is 1.86 bits per heavy atom. The summed E-state index contributed by atoms with van der Waals surface area (Å²) in [6.07, 6.45) is 3.82. The summed E-state index contributed by atoms with van der Waals surface area (Å²) in [5.74, 6) is 0.588. The molecule has 1 aromatic carbocycles. The Balaban J connectivity index is 2.05. The molecule has 1 fully saturated rings. The lowest BCUT2D eigenvalue weighted by Gasteiger charge is -2.38. The maximum atomic E-state index is 12.4. The van der Waals surface area contributed by atoms with E-state index in [2.05, 4.69) is 12.2 Å². The standard InChI is InChI=1S/C17H26N2O2/c1-13-8-10-17(12-20,11-9-13)18-16(21)14-4-6-15(7-5-14)19(2)3/h4-7,13,20H,8-12H2,1-3H3,(H,18,21). The van der Waals surface area contributed by atoms with Crippen molar-refractivity contribution in [3.8, 4) is 0 Å². The van der Waals surface area contributed by atoms with Crippen LogP contribution in [0.5, 0.6) is 0 Å². The summed E-state index contributed by atoms with van der Waals surface area (Å²) in [7, 11) is 3.94. The van der Waals surface area contributed by atoms with Gasteiger partial charge in [-0.1, -0.05) is 6.92 Å². The Hall–Kier alpha value is -1.55. The van der Waals surface area contributed by atoms with Gasteiger partial charge in [0.15, 0.2) is 0 Å². The summed E-state index contributed by atoms with van der Waals surface area (Å²) in [6, 6.07) is 7.54. The minimum Gasteiger partial charge on any atom is -0.394 e. The number of rotatable bonds is 4. The highest BCUT2D eigenvalue weighted by molar-refractivity contribution is 5.95. The van der Waals surface area contributed by atoms with Crippen LogP contribution in [0.15, 0.2) is 24.3 Å². The van der Waals surface area contributed by atoms with Crippen LogP contribution in [-0.2, 0) is 0 Å². The minimum absolute atomic E-state index is 0.0151. The quantitative estimate of drug-likeness (QED) is 0.895. The van der Waals surface area contributed by atoms with Crippen molar-refractivity contribution in [2.24, 2.45) is 5.92 Å². The lowest BCUT2D eigenvalue weighted by atomic mass is 9.77. The maximum Gasteiger partial charge on any atom is 0.251 e. The van der Waals surface area contributed by atoms with Crippen molar-refractivity contribution >= 4 is 11.6 Å². The van der Waals surface area contributed by atoms with E-state index in [0.717, 1.165) is 31.4 Å². The summed E-state index contributed by atoms with van der Waals surface area (Å²) in [5.41, 5.74) is 1.27. The molecule has 0 aromatic heterocycles. The molecule has 0 saturated heterocycles. The topological polar surface area (TPSA) is 52.6 Å². The number of carbonyl (C=O) groups is 1. The summed E-state index contributed by atoms with van der Waals surface area (Å²) >= 11 is 0. The van der Waals surface area contributed by atoms with Gasteiger partial charge in [-0.3, -0.25) is 4.79 Å². The molecule has 1 saturated carbocycles. The van der Waals surface area contributed by atoms with Crippen molar-refractivity contribution in [1.29, 1.82) is 0 Å². The molecule has 1 amide bonds. The number of amides is 1. The average molecular weight is 290 g/mol. The molecule has 0 atom stereocenters. The summed E-state index contributed by atoms with van der Waals surface area (Å²) in [6.45, 7) is 2.24. The lowest BCUT2D eigenvalue weighted by molar-refractivity contribution is 0.0717. The predicted molar refractivity (Wildman–Crippen MR) is 85.7 cm³/mol. The Kier molecular flexibility index (Phi) is 4.88. The van der Waals surface area contributed by atoms with E-state index in [1.165, 1.54) is 0 Å². The van der Waals surface area contributed by atoms with Gasteiger partial charge in [0.05, 0.1) is 12.1 Å². The van der Waals surface area contributed by atoms with E-state index >= 15 is 0 Å². The monoisotopic (exact) mass is 290 g/mol. The first kappa shape index (κ1) is 15.8. The van der Waals surface area contributed by atoms with Crippen molar-refractivity contribution in [2.45, 2.75) is 38.1 Å². The molecule has 1 aliphatic carbocycles. The van der Waals surface area contributed by atoms with Gasteiger partial charge in [0.25, 0.3) is 5.91 Å². The zero-order valence-electron chi connectivity index (χ0n) is 13.2. The molecule has 0 spiro atoms. The van der Waals surface area contributed by atoms with Crippen LogP contribution < -0.4 is 10.2 Å². The Morgan fingerprint density at radius 3 is 2.33 bits per heavy atom. The Labute approximate surface area is 127 Å². The summed E-state index contributed by atoms with van der Waals surface area (Å²) < 4.78 is 0. The van der Waals surface area contributed by atoms with Crippen LogP contribution in [0.4, 0.5) is 5.69 Å². The fourth-order valence-corrected chi connectivity index (χ4v) is 2.86. The summed E-state index contributed by atoms with van der Waals surface area (Å²) in [4.78, 5) is 14.4. The fourth-order valence-electron chi connectivity index (χ4n) is 2.86. The number of hydrogen-bond donors (Lipinski definition) is 2. The third kappa shape index (κ3) is 3.76. The number of nitrogens with zero attached hydrogens (tertiary/aromatic N) is 1. The molecular formula is C17H26N2O2. The highest BCUT2D eigenvalue weighted by atomic mass is 16.3. The zero-order valence-corrected chi connectivity index (χ0v) is 13.2. The number of aliphatic hydroxyl groups excluding tert-OH is 1. The number of benzene rings is 1. The van der Waals surface area contributed by atoms with Gasteiger partial charge in [-0.05, 0) is 55.9 Å². The van der Waals surface area contributed by atoms with Gasteiger partial charge in [0.2, 0.25) is 0 Å². The second-order valence-corrected chi connectivity index (χ2v) is 6.52. The SMILES string of the molecule is CC1CCC(CO)(NC(=O)c2ccc(N(C)C)cc2)CC1. The highest BCUT2D eigenvalue weighted by Crippen LogP contribution is 2.31. The number of hydrogen-bond acceptors (Lipinski definition) is 3. The molecule has 1 aromatic rings. The largest absolute Gasteiger partial charge is 0.394 e. The second kappa shape index (κ2) is 6.48. The van der Waals surface area contributed by atoms with E-state index in [9.17, 15) is 9.90 Å². The highest BCUT2D eigenvalue weighted by Gasteiger charge is 2.35. The molecule has 4 heteroatoms. The molecular weight excluding hydrogens is 264 g/mol. The van der Waals surface area contributed by atoms with Crippen LogP contribution in [-0.4, -0.2) is 37.3 Å². The van der Waals surface area contributed by atoms with Crippen molar-refractivity contribution < 1.29 is 9.90 Å². The first-order chi connectivity index (χ1) is 9.96. The second-order valence-electron chi connectivity index (χ2n) is 6.52. The van der Waals surface area contributed by atoms with Crippen LogP contribution >= 0.6 is 0 Å². The van der Waals surface area contributed by atoms with E-state index in [4.69, 9.17) is 0 Å².